The number of hydrogen-bond acceptors (Lipinski definition) is 3. The Labute approximate surface area is 136 Å². The Morgan fingerprint density at radius 2 is 1.96 bits per heavy atom. The highest BCUT2D eigenvalue weighted by Crippen LogP contribution is 2.36. The van der Waals surface area contributed by atoms with Gasteiger partial charge in [0.1, 0.15) is 5.75 Å². The lowest BCUT2D eigenvalue weighted by Gasteiger charge is -2.31. The van der Waals surface area contributed by atoms with Crippen LogP contribution in [-0.4, -0.2) is 25.6 Å². The monoisotopic (exact) mass is 308 g/mol. The van der Waals surface area contributed by atoms with E-state index in [0.29, 0.717) is 13.2 Å². The zero-order valence-corrected chi connectivity index (χ0v) is 13.0. The first-order valence-electron chi connectivity index (χ1n) is 8.16. The number of rotatable bonds is 1. The van der Waals surface area contributed by atoms with E-state index in [1.54, 1.807) is 0 Å². The van der Waals surface area contributed by atoms with E-state index in [1.165, 1.54) is 5.56 Å². The highest BCUT2D eigenvalue weighted by molar-refractivity contribution is 5.99. The van der Waals surface area contributed by atoms with Crippen molar-refractivity contribution in [2.24, 2.45) is 0 Å². The number of ether oxygens (including phenoxy) is 1. The lowest BCUT2D eigenvalue weighted by molar-refractivity contribution is -0.120. The number of fused-ring (bicyclic) bond motifs is 2. The van der Waals surface area contributed by atoms with Crippen LogP contribution in [0.5, 0.6) is 5.75 Å². The van der Waals surface area contributed by atoms with Crippen LogP contribution >= 0.6 is 0 Å². The molecule has 23 heavy (non-hydrogen) atoms. The van der Waals surface area contributed by atoms with Gasteiger partial charge in [0.2, 0.25) is 5.91 Å². The summed E-state index contributed by atoms with van der Waals surface area (Å²) in [5.41, 5.74) is 3.23. The molecule has 0 saturated carbocycles. The molecule has 0 spiro atoms. The zero-order valence-electron chi connectivity index (χ0n) is 13.0. The van der Waals surface area contributed by atoms with Crippen molar-refractivity contribution in [2.45, 2.75) is 18.9 Å². The molecule has 1 atom stereocenters. The second kappa shape index (κ2) is 6.05. The number of carbonyl (C=O) groups excluding carboxylic acids is 1. The minimum atomic E-state index is -0.119. The first kappa shape index (κ1) is 14.3. The molecule has 0 bridgehead atoms. The Kier molecular flexibility index (Phi) is 3.75. The van der Waals surface area contributed by atoms with Gasteiger partial charge in [0.05, 0.1) is 12.5 Å². The molecule has 2 aromatic rings. The highest BCUT2D eigenvalue weighted by atomic mass is 16.5. The molecule has 0 aromatic heterocycles. The summed E-state index contributed by atoms with van der Waals surface area (Å²) in [6.07, 6.45) is 0.738. The van der Waals surface area contributed by atoms with Crippen molar-refractivity contribution < 1.29 is 9.53 Å². The standard InChI is InChI=1S/C19H20N2O2/c22-19(16-9-12-23-18-8-4-2-6-15(16)18)21-11-10-20-13-14-5-1-3-7-17(14)21/h1-8,16,20H,9-13H2. The van der Waals surface area contributed by atoms with E-state index in [-0.39, 0.29) is 11.8 Å². The largest absolute Gasteiger partial charge is 0.493 e. The van der Waals surface area contributed by atoms with E-state index in [9.17, 15) is 4.79 Å². The van der Waals surface area contributed by atoms with Gasteiger partial charge in [0, 0.05) is 30.9 Å². The van der Waals surface area contributed by atoms with Gasteiger partial charge in [0.15, 0.2) is 0 Å². The summed E-state index contributed by atoms with van der Waals surface area (Å²) < 4.78 is 5.70. The topological polar surface area (TPSA) is 41.6 Å². The average molecular weight is 308 g/mol. The van der Waals surface area contributed by atoms with Crippen molar-refractivity contribution in [3.05, 3.63) is 59.7 Å². The molecule has 4 heteroatoms. The van der Waals surface area contributed by atoms with Crippen molar-refractivity contribution in [2.75, 3.05) is 24.6 Å². The maximum absolute atomic E-state index is 13.3. The van der Waals surface area contributed by atoms with Gasteiger partial charge in [-0.15, -0.1) is 0 Å². The number of nitrogens with zero attached hydrogens (tertiary/aromatic N) is 1. The van der Waals surface area contributed by atoms with E-state index in [4.69, 9.17) is 4.74 Å². The maximum Gasteiger partial charge on any atom is 0.234 e. The third-order valence-electron chi connectivity index (χ3n) is 4.63. The maximum atomic E-state index is 13.3. The van der Waals surface area contributed by atoms with Crippen LogP contribution in [0.4, 0.5) is 5.69 Å². The molecular formula is C19H20N2O2. The van der Waals surface area contributed by atoms with Crippen LogP contribution in [0.15, 0.2) is 48.5 Å². The minimum Gasteiger partial charge on any atom is -0.493 e. The number of para-hydroxylation sites is 2. The number of hydrogen-bond donors (Lipinski definition) is 1. The van der Waals surface area contributed by atoms with Gasteiger partial charge < -0.3 is 15.0 Å². The molecule has 4 nitrogen and oxygen atoms in total. The molecule has 4 rings (SSSR count). The van der Waals surface area contributed by atoms with E-state index < -0.39 is 0 Å². The number of carbonyl (C=O) groups is 1. The Bertz CT molecular complexity index is 729. The Hall–Kier alpha value is -2.33. The summed E-state index contributed by atoms with van der Waals surface area (Å²) in [5.74, 6) is 0.904. The lowest BCUT2D eigenvalue weighted by atomic mass is 9.91. The Balaban J connectivity index is 1.70. The molecule has 2 aliphatic rings. The van der Waals surface area contributed by atoms with Crippen molar-refractivity contribution in [1.29, 1.82) is 0 Å². The first-order chi connectivity index (χ1) is 11.3. The zero-order chi connectivity index (χ0) is 15.6. The lowest BCUT2D eigenvalue weighted by Crippen LogP contribution is -2.39. The molecular weight excluding hydrogens is 288 g/mol. The van der Waals surface area contributed by atoms with Gasteiger partial charge >= 0.3 is 0 Å². The fourth-order valence-corrected chi connectivity index (χ4v) is 3.47. The second-order valence-electron chi connectivity index (χ2n) is 6.02. The molecule has 0 radical (unpaired) electrons. The van der Waals surface area contributed by atoms with Gasteiger partial charge in [-0.1, -0.05) is 36.4 Å². The molecule has 0 aliphatic carbocycles. The fourth-order valence-electron chi connectivity index (χ4n) is 3.47. The van der Waals surface area contributed by atoms with Crippen molar-refractivity contribution in [3.8, 4) is 5.75 Å². The van der Waals surface area contributed by atoms with Crippen molar-refractivity contribution >= 4 is 11.6 Å². The van der Waals surface area contributed by atoms with Crippen molar-refractivity contribution in [1.82, 2.24) is 5.32 Å². The molecule has 1 N–H and O–H groups in total. The number of nitrogens with one attached hydrogen (secondary N) is 1. The van der Waals surface area contributed by atoms with Crippen LogP contribution in [0.1, 0.15) is 23.5 Å². The van der Waals surface area contributed by atoms with Gasteiger partial charge in [-0.2, -0.15) is 0 Å². The SMILES string of the molecule is O=C(C1CCOc2ccccc21)N1CCNCc2ccccc21. The Morgan fingerprint density at radius 1 is 1.13 bits per heavy atom. The molecule has 118 valence electrons. The smallest absolute Gasteiger partial charge is 0.234 e. The third-order valence-corrected chi connectivity index (χ3v) is 4.63. The minimum absolute atomic E-state index is 0.119. The normalized spacial score (nSPS) is 20.0. The predicted molar refractivity (Wildman–Crippen MR) is 89.8 cm³/mol. The number of amides is 1. The molecule has 2 aliphatic heterocycles. The predicted octanol–water partition coefficient (Wildman–Crippen LogP) is 2.69. The van der Waals surface area contributed by atoms with Gasteiger partial charge in [-0.3, -0.25) is 4.79 Å². The summed E-state index contributed by atoms with van der Waals surface area (Å²) in [6, 6.07) is 16.1. The quantitative estimate of drug-likeness (QED) is 0.880. The summed E-state index contributed by atoms with van der Waals surface area (Å²) in [5, 5.41) is 3.39. The summed E-state index contributed by atoms with van der Waals surface area (Å²) in [6.45, 7) is 2.92. The molecule has 2 heterocycles. The van der Waals surface area contributed by atoms with Gasteiger partial charge in [-0.25, -0.2) is 0 Å². The van der Waals surface area contributed by atoms with Crippen LogP contribution in [0.3, 0.4) is 0 Å². The van der Waals surface area contributed by atoms with E-state index in [1.807, 2.05) is 47.4 Å². The van der Waals surface area contributed by atoms with Crippen LogP contribution in [-0.2, 0) is 11.3 Å². The summed E-state index contributed by atoms with van der Waals surface area (Å²) >= 11 is 0. The van der Waals surface area contributed by atoms with E-state index in [0.717, 1.165) is 36.5 Å². The molecule has 2 aromatic carbocycles. The average Bonchev–Trinajstić information content (AvgIpc) is 2.83. The van der Waals surface area contributed by atoms with Crippen LogP contribution < -0.4 is 15.0 Å². The third kappa shape index (κ3) is 2.59. The Morgan fingerprint density at radius 3 is 2.91 bits per heavy atom. The van der Waals surface area contributed by atoms with Crippen LogP contribution in [0, 0.1) is 0 Å². The van der Waals surface area contributed by atoms with Gasteiger partial charge in [0.25, 0.3) is 0 Å². The number of anilines is 1. The number of benzene rings is 2. The van der Waals surface area contributed by atoms with E-state index in [2.05, 4.69) is 11.4 Å². The molecule has 0 fully saturated rings. The van der Waals surface area contributed by atoms with Crippen LogP contribution in [0.2, 0.25) is 0 Å². The van der Waals surface area contributed by atoms with E-state index >= 15 is 0 Å². The second-order valence-corrected chi connectivity index (χ2v) is 6.02. The summed E-state index contributed by atoms with van der Waals surface area (Å²) in [7, 11) is 0. The molecule has 1 amide bonds. The highest BCUT2D eigenvalue weighted by Gasteiger charge is 2.32. The molecule has 0 saturated heterocycles. The van der Waals surface area contributed by atoms with Crippen LogP contribution in [0.25, 0.3) is 0 Å². The molecule has 1 unspecified atom stereocenters. The van der Waals surface area contributed by atoms with Crippen molar-refractivity contribution in [3.63, 3.8) is 0 Å². The fraction of sp³-hybridized carbons (Fsp3) is 0.316. The van der Waals surface area contributed by atoms with Gasteiger partial charge in [-0.05, 0) is 24.1 Å². The summed E-state index contributed by atoms with van der Waals surface area (Å²) in [4.78, 5) is 15.2. The first-order valence-corrected chi connectivity index (χ1v) is 8.16.